The molecule has 0 unspecified atom stereocenters. The van der Waals surface area contributed by atoms with Crippen molar-refractivity contribution >= 4 is 15.9 Å². The third-order valence-electron chi connectivity index (χ3n) is 4.31. The van der Waals surface area contributed by atoms with Crippen LogP contribution in [0.1, 0.15) is 13.3 Å². The molecule has 2 aliphatic rings. The number of carbonyl (C=O) groups excluding carboxylic acids is 1. The molecule has 0 aromatic heterocycles. The lowest BCUT2D eigenvalue weighted by Gasteiger charge is -2.24. The van der Waals surface area contributed by atoms with Crippen molar-refractivity contribution in [1.29, 1.82) is 0 Å². The highest BCUT2D eigenvalue weighted by Crippen LogP contribution is 2.33. The minimum atomic E-state index is -3.66. The van der Waals surface area contributed by atoms with Crippen molar-refractivity contribution in [2.45, 2.75) is 24.3 Å². The number of hydrogen-bond acceptors (Lipinski definition) is 6. The van der Waals surface area contributed by atoms with E-state index in [0.29, 0.717) is 50.8 Å². The molecule has 2 heterocycles. The van der Waals surface area contributed by atoms with Crippen LogP contribution in [0.25, 0.3) is 0 Å². The molecular weight excluding hydrogens is 346 g/mol. The van der Waals surface area contributed by atoms with Crippen molar-refractivity contribution in [3.8, 4) is 11.5 Å². The predicted octanol–water partition coefficient (Wildman–Crippen LogP) is 0.0280. The Morgan fingerprint density at radius 1 is 1.12 bits per heavy atom. The van der Waals surface area contributed by atoms with Crippen LogP contribution < -0.4 is 15.2 Å². The minimum Gasteiger partial charge on any atom is -0.486 e. The van der Waals surface area contributed by atoms with Crippen molar-refractivity contribution in [3.05, 3.63) is 18.2 Å². The van der Waals surface area contributed by atoms with Crippen LogP contribution in [0.2, 0.25) is 0 Å². The van der Waals surface area contributed by atoms with Crippen molar-refractivity contribution in [3.63, 3.8) is 0 Å². The highest BCUT2D eigenvalue weighted by Gasteiger charge is 2.30. The van der Waals surface area contributed by atoms with Gasteiger partial charge in [-0.1, -0.05) is 0 Å². The van der Waals surface area contributed by atoms with Gasteiger partial charge in [-0.15, -0.1) is 0 Å². The molecule has 9 heteroatoms. The topological polar surface area (TPSA) is 102 Å². The Labute approximate surface area is 147 Å². The number of nitrogens with zero attached hydrogens (tertiary/aromatic N) is 2. The van der Waals surface area contributed by atoms with Crippen LogP contribution in [0.5, 0.6) is 11.5 Å². The first-order chi connectivity index (χ1) is 11.9. The molecule has 2 N–H and O–H groups in total. The number of amides is 1. The molecule has 0 bridgehead atoms. The van der Waals surface area contributed by atoms with Gasteiger partial charge in [0.1, 0.15) is 13.2 Å². The Bertz CT molecular complexity index is 750. The molecule has 138 valence electrons. The molecule has 1 fully saturated rings. The maximum Gasteiger partial charge on any atom is 0.243 e. The summed E-state index contributed by atoms with van der Waals surface area (Å²) in [5.41, 5.74) is 5.65. The van der Waals surface area contributed by atoms with Crippen molar-refractivity contribution in [1.82, 2.24) is 9.21 Å². The van der Waals surface area contributed by atoms with Gasteiger partial charge in [0, 0.05) is 32.2 Å². The lowest BCUT2D eigenvalue weighted by atomic mass is 10.3. The van der Waals surface area contributed by atoms with Crippen LogP contribution in [-0.4, -0.2) is 69.0 Å². The second-order valence-corrected chi connectivity index (χ2v) is 8.11. The van der Waals surface area contributed by atoms with E-state index in [2.05, 4.69) is 0 Å². The van der Waals surface area contributed by atoms with Crippen LogP contribution in [0.4, 0.5) is 0 Å². The second-order valence-electron chi connectivity index (χ2n) is 6.18. The van der Waals surface area contributed by atoms with Gasteiger partial charge in [-0.3, -0.25) is 4.79 Å². The van der Waals surface area contributed by atoms with E-state index < -0.39 is 16.1 Å². The number of hydrogen-bond donors (Lipinski definition) is 1. The number of sulfonamides is 1. The maximum atomic E-state index is 12.9. The summed E-state index contributed by atoms with van der Waals surface area (Å²) in [7, 11) is -3.66. The van der Waals surface area contributed by atoms with Crippen LogP contribution in [-0.2, 0) is 14.8 Å². The third-order valence-corrected chi connectivity index (χ3v) is 6.20. The fourth-order valence-electron chi connectivity index (χ4n) is 2.98. The van der Waals surface area contributed by atoms with Gasteiger partial charge >= 0.3 is 0 Å². The van der Waals surface area contributed by atoms with E-state index in [1.54, 1.807) is 17.9 Å². The molecule has 0 spiro atoms. The van der Waals surface area contributed by atoms with E-state index in [-0.39, 0.29) is 17.3 Å². The Morgan fingerprint density at radius 2 is 1.84 bits per heavy atom. The fourth-order valence-corrected chi connectivity index (χ4v) is 4.46. The molecule has 2 aliphatic heterocycles. The molecule has 8 nitrogen and oxygen atoms in total. The molecule has 1 aromatic rings. The summed E-state index contributed by atoms with van der Waals surface area (Å²) >= 11 is 0. The van der Waals surface area contributed by atoms with Gasteiger partial charge < -0.3 is 20.1 Å². The van der Waals surface area contributed by atoms with E-state index in [1.165, 1.54) is 16.4 Å². The Morgan fingerprint density at radius 3 is 2.56 bits per heavy atom. The third kappa shape index (κ3) is 3.73. The molecule has 0 saturated carbocycles. The van der Waals surface area contributed by atoms with E-state index in [0.717, 1.165) is 0 Å². The number of nitrogens with two attached hydrogens (primary N) is 1. The van der Waals surface area contributed by atoms with Gasteiger partial charge in [-0.25, -0.2) is 8.42 Å². The van der Waals surface area contributed by atoms with Crippen LogP contribution in [0, 0.1) is 0 Å². The predicted molar refractivity (Wildman–Crippen MR) is 91.0 cm³/mol. The second kappa shape index (κ2) is 7.19. The summed E-state index contributed by atoms with van der Waals surface area (Å²) in [4.78, 5) is 13.8. The summed E-state index contributed by atoms with van der Waals surface area (Å²) in [5.74, 6) is 0.837. The fraction of sp³-hybridized carbons (Fsp3) is 0.562. The van der Waals surface area contributed by atoms with E-state index in [1.807, 2.05) is 0 Å². The van der Waals surface area contributed by atoms with Crippen molar-refractivity contribution < 1.29 is 22.7 Å². The lowest BCUT2D eigenvalue weighted by molar-refractivity contribution is -0.132. The lowest BCUT2D eigenvalue weighted by Crippen LogP contribution is -2.44. The Hall–Kier alpha value is -1.84. The van der Waals surface area contributed by atoms with Crippen LogP contribution >= 0.6 is 0 Å². The Balaban J connectivity index is 1.77. The van der Waals surface area contributed by atoms with Gasteiger partial charge in [-0.05, 0) is 25.5 Å². The highest BCUT2D eigenvalue weighted by molar-refractivity contribution is 7.89. The largest absolute Gasteiger partial charge is 0.486 e. The monoisotopic (exact) mass is 369 g/mol. The van der Waals surface area contributed by atoms with Gasteiger partial charge in [0.2, 0.25) is 15.9 Å². The van der Waals surface area contributed by atoms with Gasteiger partial charge in [0.15, 0.2) is 11.5 Å². The average Bonchev–Trinajstić information content (AvgIpc) is 2.87. The first kappa shape index (κ1) is 18.0. The number of benzene rings is 1. The quantitative estimate of drug-likeness (QED) is 0.806. The minimum absolute atomic E-state index is 0.154. The zero-order chi connectivity index (χ0) is 18.0. The maximum absolute atomic E-state index is 12.9. The number of ether oxygens (including phenoxy) is 2. The molecular formula is C16H23N3O5S. The zero-order valence-electron chi connectivity index (χ0n) is 14.2. The van der Waals surface area contributed by atoms with Crippen LogP contribution in [0.3, 0.4) is 0 Å². The summed E-state index contributed by atoms with van der Waals surface area (Å²) in [6.07, 6.45) is 0.572. The van der Waals surface area contributed by atoms with E-state index in [9.17, 15) is 13.2 Å². The SMILES string of the molecule is C[C@H](N)C(=O)N1CCCN(S(=O)(=O)c2ccc3c(c2)OCCO3)CC1. The van der Waals surface area contributed by atoms with Crippen molar-refractivity contribution in [2.24, 2.45) is 5.73 Å². The standard InChI is InChI=1S/C16H23N3O5S/c1-12(17)16(20)18-5-2-6-19(8-7-18)25(21,22)13-3-4-14-15(11-13)24-10-9-23-14/h3-4,11-12H,2,5-10,17H2,1H3/t12-/m0/s1. The average molecular weight is 369 g/mol. The van der Waals surface area contributed by atoms with Gasteiger partial charge in [0.05, 0.1) is 10.9 Å². The highest BCUT2D eigenvalue weighted by atomic mass is 32.2. The number of rotatable bonds is 3. The van der Waals surface area contributed by atoms with Gasteiger partial charge in [0.25, 0.3) is 0 Å². The summed E-state index contributed by atoms with van der Waals surface area (Å²) in [6, 6.07) is 4.06. The van der Waals surface area contributed by atoms with E-state index >= 15 is 0 Å². The molecule has 3 rings (SSSR count). The summed E-state index contributed by atoms with van der Waals surface area (Å²) < 4.78 is 38.2. The first-order valence-corrected chi connectivity index (χ1v) is 9.78. The first-order valence-electron chi connectivity index (χ1n) is 8.34. The van der Waals surface area contributed by atoms with Crippen molar-refractivity contribution in [2.75, 3.05) is 39.4 Å². The number of fused-ring (bicyclic) bond motifs is 1. The smallest absolute Gasteiger partial charge is 0.243 e. The zero-order valence-corrected chi connectivity index (χ0v) is 15.0. The summed E-state index contributed by atoms with van der Waals surface area (Å²) in [5, 5.41) is 0. The molecule has 1 saturated heterocycles. The molecule has 0 radical (unpaired) electrons. The van der Waals surface area contributed by atoms with Gasteiger partial charge in [-0.2, -0.15) is 4.31 Å². The molecule has 0 aliphatic carbocycles. The number of carbonyl (C=O) groups is 1. The molecule has 1 aromatic carbocycles. The van der Waals surface area contributed by atoms with E-state index in [4.69, 9.17) is 15.2 Å². The normalized spacial score (nSPS) is 20.0. The summed E-state index contributed by atoms with van der Waals surface area (Å²) in [6.45, 7) is 3.94. The van der Waals surface area contributed by atoms with Crippen LogP contribution in [0.15, 0.2) is 23.1 Å². The molecule has 25 heavy (non-hydrogen) atoms. The molecule has 1 amide bonds. The molecule has 1 atom stereocenters. The Kier molecular flexibility index (Phi) is 5.16.